The highest BCUT2D eigenvalue weighted by molar-refractivity contribution is 7.12. The van der Waals surface area contributed by atoms with E-state index in [1.54, 1.807) is 12.1 Å². The number of hydrogen-bond donors (Lipinski definition) is 2. The Balaban J connectivity index is 2.11. The molecular formula is C14H12N2O4S2. The summed E-state index contributed by atoms with van der Waals surface area (Å²) in [6, 6.07) is 6.35. The lowest BCUT2D eigenvalue weighted by Gasteiger charge is -2.06. The molecule has 0 saturated heterocycles. The molecule has 0 atom stereocenters. The number of carbonyl (C=O) groups is 3. The minimum Gasteiger partial charge on any atom is -0.452 e. The molecule has 8 heteroatoms. The summed E-state index contributed by atoms with van der Waals surface area (Å²) in [5.41, 5.74) is 5.16. The number of urea groups is 1. The minimum absolute atomic E-state index is 0.351. The van der Waals surface area contributed by atoms with Gasteiger partial charge >= 0.3 is 12.0 Å². The Labute approximate surface area is 134 Å². The molecule has 114 valence electrons. The third-order valence-electron chi connectivity index (χ3n) is 2.43. The van der Waals surface area contributed by atoms with E-state index in [9.17, 15) is 14.4 Å². The van der Waals surface area contributed by atoms with Crippen LogP contribution < -0.4 is 11.1 Å². The van der Waals surface area contributed by atoms with Crippen molar-refractivity contribution >= 4 is 52.2 Å². The van der Waals surface area contributed by atoms with Gasteiger partial charge in [0.2, 0.25) is 0 Å². The number of imide groups is 1. The van der Waals surface area contributed by atoms with Crippen LogP contribution in [0.25, 0.3) is 11.6 Å². The highest BCUT2D eigenvalue weighted by atomic mass is 32.1. The highest BCUT2D eigenvalue weighted by Gasteiger charge is 2.17. The monoisotopic (exact) mass is 336 g/mol. The molecule has 2 aromatic rings. The van der Waals surface area contributed by atoms with Crippen LogP contribution in [0.4, 0.5) is 4.79 Å². The van der Waals surface area contributed by atoms with E-state index in [-0.39, 0.29) is 0 Å². The molecule has 0 unspecified atom stereocenters. The van der Waals surface area contributed by atoms with E-state index < -0.39 is 24.5 Å². The number of rotatable bonds is 5. The number of nitrogens with one attached hydrogen (secondary N) is 1. The van der Waals surface area contributed by atoms with E-state index in [2.05, 4.69) is 0 Å². The van der Waals surface area contributed by atoms with E-state index in [4.69, 9.17) is 10.5 Å². The first-order valence-electron chi connectivity index (χ1n) is 6.12. The predicted octanol–water partition coefficient (Wildman–Crippen LogP) is 2.09. The maximum atomic E-state index is 12.2. The van der Waals surface area contributed by atoms with Gasteiger partial charge in [-0.1, -0.05) is 12.1 Å². The molecule has 0 saturated carbocycles. The van der Waals surface area contributed by atoms with Crippen molar-refractivity contribution < 1.29 is 19.1 Å². The zero-order valence-electron chi connectivity index (χ0n) is 11.3. The van der Waals surface area contributed by atoms with Crippen LogP contribution in [0.5, 0.6) is 0 Å². The van der Waals surface area contributed by atoms with Crippen molar-refractivity contribution in [3.05, 3.63) is 44.8 Å². The van der Waals surface area contributed by atoms with Crippen LogP contribution in [-0.2, 0) is 14.3 Å². The van der Waals surface area contributed by atoms with Crippen LogP contribution in [0.3, 0.4) is 0 Å². The quantitative estimate of drug-likeness (QED) is 0.645. The fourth-order valence-corrected chi connectivity index (χ4v) is 2.95. The van der Waals surface area contributed by atoms with Gasteiger partial charge in [0.1, 0.15) is 0 Å². The maximum Gasteiger partial charge on any atom is 0.340 e. The van der Waals surface area contributed by atoms with Crippen LogP contribution in [-0.4, -0.2) is 24.5 Å². The van der Waals surface area contributed by atoms with Crippen LogP contribution in [0.2, 0.25) is 0 Å². The number of hydrogen-bond acceptors (Lipinski definition) is 6. The first-order valence-corrected chi connectivity index (χ1v) is 7.87. The molecule has 2 rings (SSSR count). The van der Waals surface area contributed by atoms with Crippen LogP contribution in [0.15, 0.2) is 35.0 Å². The molecule has 0 bridgehead atoms. The minimum atomic E-state index is -0.992. The van der Waals surface area contributed by atoms with Crippen molar-refractivity contribution in [1.29, 1.82) is 0 Å². The van der Waals surface area contributed by atoms with Gasteiger partial charge in [-0.25, -0.2) is 9.59 Å². The Kier molecular flexibility index (Phi) is 5.45. The topological polar surface area (TPSA) is 98.5 Å². The predicted molar refractivity (Wildman–Crippen MR) is 85.2 cm³/mol. The first kappa shape index (κ1) is 15.9. The van der Waals surface area contributed by atoms with E-state index in [1.807, 2.05) is 34.3 Å². The molecule has 0 aromatic carbocycles. The van der Waals surface area contributed by atoms with E-state index in [0.717, 1.165) is 9.75 Å². The summed E-state index contributed by atoms with van der Waals surface area (Å²) in [4.78, 5) is 35.6. The van der Waals surface area contributed by atoms with E-state index >= 15 is 0 Å². The number of primary amides is 1. The van der Waals surface area contributed by atoms with Crippen LogP contribution in [0, 0.1) is 0 Å². The Bertz CT molecular complexity index is 691. The molecule has 6 nitrogen and oxygen atoms in total. The number of ether oxygens (including phenoxy) is 1. The summed E-state index contributed by atoms with van der Waals surface area (Å²) in [6.45, 7) is -0.574. The molecule has 0 aliphatic heterocycles. The van der Waals surface area contributed by atoms with Crippen LogP contribution >= 0.6 is 22.7 Å². The lowest BCUT2D eigenvalue weighted by molar-refractivity contribution is -0.142. The average molecular weight is 336 g/mol. The Morgan fingerprint density at radius 2 is 1.91 bits per heavy atom. The standard InChI is InChI=1S/C14H12N2O4S2/c15-14(19)16-12(17)8-20-13(18)10(11-4-2-6-22-11)7-9-3-1-5-21-9/h1-7H,8H2,(H3,15,16,17,19)/b10-7+. The summed E-state index contributed by atoms with van der Waals surface area (Å²) < 4.78 is 4.92. The van der Waals surface area contributed by atoms with Gasteiger partial charge in [-0.2, -0.15) is 0 Å². The van der Waals surface area contributed by atoms with Crippen molar-refractivity contribution in [3.8, 4) is 0 Å². The Morgan fingerprint density at radius 3 is 2.50 bits per heavy atom. The molecule has 0 aliphatic carbocycles. The second-order valence-electron chi connectivity index (χ2n) is 4.04. The van der Waals surface area contributed by atoms with Gasteiger partial charge in [-0.3, -0.25) is 10.1 Å². The number of amides is 3. The van der Waals surface area contributed by atoms with Crippen molar-refractivity contribution in [2.45, 2.75) is 0 Å². The SMILES string of the molecule is NC(=O)NC(=O)COC(=O)/C(=C/c1cccs1)c1cccs1. The Hall–Kier alpha value is -2.45. The molecule has 0 spiro atoms. The van der Waals surface area contributed by atoms with Gasteiger partial charge < -0.3 is 10.5 Å². The zero-order chi connectivity index (χ0) is 15.9. The number of carbonyl (C=O) groups excluding carboxylic acids is 3. The fraction of sp³-hybridized carbons (Fsp3) is 0.0714. The van der Waals surface area contributed by atoms with Crippen LogP contribution in [0.1, 0.15) is 9.75 Å². The van der Waals surface area contributed by atoms with Gasteiger partial charge in [0.05, 0.1) is 5.57 Å². The molecular weight excluding hydrogens is 324 g/mol. The van der Waals surface area contributed by atoms with Crippen molar-refractivity contribution in [2.75, 3.05) is 6.61 Å². The smallest absolute Gasteiger partial charge is 0.340 e. The summed E-state index contributed by atoms with van der Waals surface area (Å²) in [5.74, 6) is -1.42. The van der Waals surface area contributed by atoms with Gasteiger partial charge in [-0.05, 0) is 29.0 Å². The van der Waals surface area contributed by atoms with Gasteiger partial charge in [-0.15, -0.1) is 22.7 Å². The molecule has 2 heterocycles. The van der Waals surface area contributed by atoms with Crippen molar-refractivity contribution in [2.24, 2.45) is 5.73 Å². The summed E-state index contributed by atoms with van der Waals surface area (Å²) in [6.07, 6.45) is 1.70. The second kappa shape index (κ2) is 7.53. The summed E-state index contributed by atoms with van der Waals surface area (Å²) >= 11 is 2.87. The molecule has 0 fully saturated rings. The van der Waals surface area contributed by atoms with Gasteiger partial charge in [0, 0.05) is 9.75 Å². The first-order chi connectivity index (χ1) is 10.6. The molecule has 0 radical (unpaired) electrons. The third kappa shape index (κ3) is 4.54. The molecule has 0 aliphatic rings. The largest absolute Gasteiger partial charge is 0.452 e. The maximum absolute atomic E-state index is 12.2. The average Bonchev–Trinajstić information content (AvgIpc) is 3.14. The normalized spacial score (nSPS) is 11.0. The lowest BCUT2D eigenvalue weighted by atomic mass is 10.2. The van der Waals surface area contributed by atoms with Gasteiger partial charge in [0.15, 0.2) is 6.61 Å². The fourth-order valence-electron chi connectivity index (χ4n) is 1.56. The number of nitrogens with two attached hydrogens (primary N) is 1. The lowest BCUT2D eigenvalue weighted by Crippen LogP contribution is -2.37. The Morgan fingerprint density at radius 1 is 1.18 bits per heavy atom. The van der Waals surface area contributed by atoms with E-state index in [1.165, 1.54) is 22.7 Å². The second-order valence-corrected chi connectivity index (χ2v) is 5.97. The summed E-state index contributed by atoms with van der Waals surface area (Å²) in [7, 11) is 0. The molecule has 22 heavy (non-hydrogen) atoms. The molecule has 3 N–H and O–H groups in total. The van der Waals surface area contributed by atoms with Crippen molar-refractivity contribution in [1.82, 2.24) is 5.32 Å². The third-order valence-corrected chi connectivity index (χ3v) is 4.16. The number of esters is 1. The summed E-state index contributed by atoms with van der Waals surface area (Å²) in [5, 5.41) is 5.56. The highest BCUT2D eigenvalue weighted by Crippen LogP contribution is 2.25. The molecule has 3 amide bonds. The van der Waals surface area contributed by atoms with Crippen molar-refractivity contribution in [3.63, 3.8) is 0 Å². The molecule has 2 aromatic heterocycles. The van der Waals surface area contributed by atoms with Gasteiger partial charge in [0.25, 0.3) is 5.91 Å². The van der Waals surface area contributed by atoms with E-state index in [0.29, 0.717) is 5.57 Å². The number of thiophene rings is 2. The zero-order valence-corrected chi connectivity index (χ0v) is 12.9.